The van der Waals surface area contributed by atoms with Gasteiger partial charge in [-0.05, 0) is 37.0 Å². The Morgan fingerprint density at radius 3 is 2.86 bits per heavy atom. The number of fused-ring (bicyclic) bond motifs is 1. The number of rotatable bonds is 2. The monoisotopic (exact) mass is 304 g/mol. The van der Waals surface area contributed by atoms with Gasteiger partial charge in [0.15, 0.2) is 0 Å². The van der Waals surface area contributed by atoms with E-state index in [9.17, 15) is 14.7 Å². The number of nitrogens with zero attached hydrogens (tertiary/aromatic N) is 1. The van der Waals surface area contributed by atoms with Gasteiger partial charge in [-0.1, -0.05) is 0 Å². The molecule has 0 aromatic heterocycles. The fourth-order valence-electron chi connectivity index (χ4n) is 3.04. The lowest BCUT2D eigenvalue weighted by molar-refractivity contribution is -0.113. The molecular weight excluding hydrogens is 288 g/mol. The predicted molar refractivity (Wildman–Crippen MR) is 79.4 cm³/mol. The summed E-state index contributed by atoms with van der Waals surface area (Å²) in [6.07, 6.45) is 2.14. The molecule has 2 fully saturated rings. The number of likely N-dealkylation sites (tertiary alicyclic amines) is 1. The summed E-state index contributed by atoms with van der Waals surface area (Å²) in [5, 5.41) is 13.1. The summed E-state index contributed by atoms with van der Waals surface area (Å²) in [6, 6.07) is 5.40. The van der Waals surface area contributed by atoms with Crippen molar-refractivity contribution in [1.29, 1.82) is 0 Å². The zero-order valence-electron chi connectivity index (χ0n) is 11.5. The molecule has 3 aliphatic rings. The highest BCUT2D eigenvalue weighted by Gasteiger charge is 2.53. The van der Waals surface area contributed by atoms with Gasteiger partial charge in [-0.2, -0.15) is 0 Å². The lowest BCUT2D eigenvalue weighted by Gasteiger charge is -2.47. The van der Waals surface area contributed by atoms with Gasteiger partial charge in [0.05, 0.1) is 24.5 Å². The molecule has 1 saturated carbocycles. The average molecular weight is 304 g/mol. The SMILES string of the molecule is O=C1CSc2ccc(C(=O)N3CC(O)(C4CC4)C3)cc2N1. The summed E-state index contributed by atoms with van der Waals surface area (Å²) in [7, 11) is 0. The number of thioether (sulfide) groups is 1. The topological polar surface area (TPSA) is 69.6 Å². The fraction of sp³-hybridized carbons (Fsp3) is 0.467. The second kappa shape index (κ2) is 4.48. The van der Waals surface area contributed by atoms with Gasteiger partial charge in [0.1, 0.15) is 5.60 Å². The third kappa shape index (κ3) is 2.22. The summed E-state index contributed by atoms with van der Waals surface area (Å²) in [6.45, 7) is 0.851. The van der Waals surface area contributed by atoms with Crippen LogP contribution in [0.4, 0.5) is 5.69 Å². The van der Waals surface area contributed by atoms with Crippen LogP contribution in [0.2, 0.25) is 0 Å². The Hall–Kier alpha value is -1.53. The smallest absolute Gasteiger partial charge is 0.254 e. The molecule has 5 nitrogen and oxygen atoms in total. The van der Waals surface area contributed by atoms with Crippen LogP contribution in [-0.2, 0) is 4.79 Å². The second-order valence-electron chi connectivity index (χ2n) is 6.09. The first-order valence-corrected chi connectivity index (χ1v) is 8.12. The minimum atomic E-state index is -0.659. The molecule has 1 saturated heterocycles. The molecule has 0 radical (unpaired) electrons. The molecule has 21 heavy (non-hydrogen) atoms. The van der Waals surface area contributed by atoms with Crippen molar-refractivity contribution in [2.24, 2.45) is 5.92 Å². The number of nitrogens with one attached hydrogen (secondary N) is 1. The third-order valence-corrected chi connectivity index (χ3v) is 5.49. The highest BCUT2D eigenvalue weighted by molar-refractivity contribution is 8.00. The lowest BCUT2D eigenvalue weighted by Crippen LogP contribution is -2.64. The van der Waals surface area contributed by atoms with Crippen molar-refractivity contribution in [2.75, 3.05) is 24.2 Å². The van der Waals surface area contributed by atoms with E-state index < -0.39 is 5.60 Å². The Morgan fingerprint density at radius 1 is 1.38 bits per heavy atom. The van der Waals surface area contributed by atoms with Crippen LogP contribution in [0, 0.1) is 5.92 Å². The summed E-state index contributed by atoms with van der Waals surface area (Å²) >= 11 is 1.48. The molecule has 2 amide bonds. The number of amides is 2. The summed E-state index contributed by atoms with van der Waals surface area (Å²) in [5.41, 5.74) is 0.614. The predicted octanol–water partition coefficient (Wildman–Crippen LogP) is 1.33. The minimum Gasteiger partial charge on any atom is -0.386 e. The molecule has 1 aromatic rings. The second-order valence-corrected chi connectivity index (χ2v) is 7.10. The molecule has 4 rings (SSSR count). The molecule has 0 unspecified atom stereocenters. The molecule has 0 spiro atoms. The van der Waals surface area contributed by atoms with E-state index in [2.05, 4.69) is 5.32 Å². The van der Waals surface area contributed by atoms with Crippen molar-refractivity contribution in [3.8, 4) is 0 Å². The van der Waals surface area contributed by atoms with Crippen LogP contribution >= 0.6 is 11.8 Å². The largest absolute Gasteiger partial charge is 0.386 e. The van der Waals surface area contributed by atoms with Crippen LogP contribution in [0.5, 0.6) is 0 Å². The summed E-state index contributed by atoms with van der Waals surface area (Å²) < 4.78 is 0. The number of β-amino-alcohol motifs (C(OH)–C–C–N with tert-alkyl or cyclic N) is 1. The normalized spacial score (nSPS) is 23.1. The highest BCUT2D eigenvalue weighted by Crippen LogP contribution is 2.45. The van der Waals surface area contributed by atoms with Crippen molar-refractivity contribution in [1.82, 2.24) is 4.90 Å². The van der Waals surface area contributed by atoms with Crippen LogP contribution in [0.3, 0.4) is 0 Å². The maximum Gasteiger partial charge on any atom is 0.254 e. The quantitative estimate of drug-likeness (QED) is 0.865. The van der Waals surface area contributed by atoms with E-state index in [1.54, 1.807) is 17.0 Å². The van der Waals surface area contributed by atoms with Gasteiger partial charge in [0.25, 0.3) is 5.91 Å². The zero-order valence-corrected chi connectivity index (χ0v) is 12.3. The van der Waals surface area contributed by atoms with E-state index >= 15 is 0 Å². The number of hydrogen-bond acceptors (Lipinski definition) is 4. The molecule has 0 atom stereocenters. The van der Waals surface area contributed by atoms with Gasteiger partial charge >= 0.3 is 0 Å². The van der Waals surface area contributed by atoms with Crippen LogP contribution in [-0.4, -0.2) is 46.3 Å². The summed E-state index contributed by atoms with van der Waals surface area (Å²) in [4.78, 5) is 26.5. The molecular formula is C15H16N2O3S. The van der Waals surface area contributed by atoms with Gasteiger partial charge in [0.2, 0.25) is 5.91 Å². The Morgan fingerprint density at radius 2 is 2.14 bits per heavy atom. The van der Waals surface area contributed by atoms with Gasteiger partial charge in [-0.15, -0.1) is 11.8 Å². The number of aliphatic hydroxyl groups is 1. The van der Waals surface area contributed by atoms with Crippen LogP contribution in [0.1, 0.15) is 23.2 Å². The van der Waals surface area contributed by atoms with Crippen LogP contribution in [0.25, 0.3) is 0 Å². The zero-order chi connectivity index (χ0) is 14.6. The van der Waals surface area contributed by atoms with Crippen molar-refractivity contribution in [2.45, 2.75) is 23.3 Å². The Kier molecular flexibility index (Phi) is 2.81. The maximum atomic E-state index is 12.4. The van der Waals surface area contributed by atoms with E-state index in [4.69, 9.17) is 0 Å². The number of anilines is 1. The standard InChI is InChI=1S/C15H16N2O3S/c18-13-6-21-12-4-1-9(5-11(12)16-13)14(19)17-7-15(20,8-17)10-2-3-10/h1,4-5,10,20H,2-3,6-8H2,(H,16,18). The maximum absolute atomic E-state index is 12.4. The van der Waals surface area contributed by atoms with Crippen molar-refractivity contribution >= 4 is 29.3 Å². The van der Waals surface area contributed by atoms with E-state index in [0.29, 0.717) is 36.0 Å². The molecule has 2 aliphatic heterocycles. The van der Waals surface area contributed by atoms with Crippen LogP contribution < -0.4 is 5.32 Å². The first kappa shape index (κ1) is 13.2. The van der Waals surface area contributed by atoms with Gasteiger partial charge in [-0.3, -0.25) is 9.59 Å². The molecule has 110 valence electrons. The number of benzene rings is 1. The Balaban J connectivity index is 1.50. The van der Waals surface area contributed by atoms with Gasteiger partial charge < -0.3 is 15.3 Å². The third-order valence-electron chi connectivity index (χ3n) is 4.41. The van der Waals surface area contributed by atoms with Crippen molar-refractivity contribution < 1.29 is 14.7 Å². The van der Waals surface area contributed by atoms with E-state index in [0.717, 1.165) is 17.7 Å². The van der Waals surface area contributed by atoms with E-state index in [-0.39, 0.29) is 11.8 Å². The number of hydrogen-bond donors (Lipinski definition) is 2. The lowest BCUT2D eigenvalue weighted by atomic mass is 9.88. The number of carbonyl (C=O) groups excluding carboxylic acids is 2. The minimum absolute atomic E-state index is 0.0378. The first-order valence-electron chi connectivity index (χ1n) is 7.13. The molecule has 1 aromatic carbocycles. The Labute approximate surface area is 126 Å². The Bertz CT molecular complexity index is 636. The molecule has 1 aliphatic carbocycles. The van der Waals surface area contributed by atoms with Gasteiger partial charge in [-0.25, -0.2) is 0 Å². The molecule has 2 heterocycles. The van der Waals surface area contributed by atoms with Crippen LogP contribution in [0.15, 0.2) is 23.1 Å². The van der Waals surface area contributed by atoms with Gasteiger partial charge in [0, 0.05) is 10.5 Å². The summed E-state index contributed by atoms with van der Waals surface area (Å²) in [5.74, 6) is 0.679. The molecule has 6 heteroatoms. The number of carbonyl (C=O) groups is 2. The fourth-order valence-corrected chi connectivity index (χ4v) is 3.82. The molecule has 2 N–H and O–H groups in total. The van der Waals surface area contributed by atoms with E-state index in [1.165, 1.54) is 11.8 Å². The first-order chi connectivity index (χ1) is 10.0. The van der Waals surface area contributed by atoms with Crippen molar-refractivity contribution in [3.05, 3.63) is 23.8 Å². The average Bonchev–Trinajstić information content (AvgIpc) is 3.27. The molecule has 0 bridgehead atoms. The van der Waals surface area contributed by atoms with E-state index in [1.807, 2.05) is 6.07 Å². The highest BCUT2D eigenvalue weighted by atomic mass is 32.2. The van der Waals surface area contributed by atoms with Crippen molar-refractivity contribution in [3.63, 3.8) is 0 Å².